The van der Waals surface area contributed by atoms with E-state index in [4.69, 9.17) is 4.74 Å². The van der Waals surface area contributed by atoms with Crippen molar-refractivity contribution in [2.45, 2.75) is 18.8 Å². The summed E-state index contributed by atoms with van der Waals surface area (Å²) in [4.78, 5) is 16.5. The highest BCUT2D eigenvalue weighted by atomic mass is 32.2. The van der Waals surface area contributed by atoms with Crippen LogP contribution in [0, 0.1) is 0 Å². The third-order valence-corrected chi connectivity index (χ3v) is 5.77. The van der Waals surface area contributed by atoms with E-state index in [0.717, 1.165) is 22.9 Å². The van der Waals surface area contributed by atoms with Crippen molar-refractivity contribution in [3.05, 3.63) is 46.6 Å². The van der Waals surface area contributed by atoms with Crippen molar-refractivity contribution in [3.63, 3.8) is 0 Å². The summed E-state index contributed by atoms with van der Waals surface area (Å²) >= 11 is 0. The number of aromatic hydroxyl groups is 1. The molecule has 1 aliphatic heterocycles. The molecule has 0 radical (unpaired) electrons. The van der Waals surface area contributed by atoms with Crippen LogP contribution in [0.15, 0.2) is 35.5 Å². The minimum Gasteiger partial charge on any atom is -0.507 e. The molecule has 1 N–H and O–H groups in total. The zero-order chi connectivity index (χ0) is 19.8. The van der Waals surface area contributed by atoms with Crippen LogP contribution in [0.25, 0.3) is 11.1 Å². The van der Waals surface area contributed by atoms with Gasteiger partial charge in [-0.1, -0.05) is 0 Å². The third-order valence-electron chi connectivity index (χ3n) is 4.10. The SMILES string of the molecule is O=c1c(-c2ccc(C(F)(F)F)cc2O)cncn1CC1CS(=O)(=O)CCO1. The monoisotopic (exact) mass is 404 g/mol. The van der Waals surface area contributed by atoms with Crippen molar-refractivity contribution < 1.29 is 31.4 Å². The van der Waals surface area contributed by atoms with E-state index in [1.54, 1.807) is 0 Å². The van der Waals surface area contributed by atoms with Gasteiger partial charge in [-0.25, -0.2) is 13.4 Å². The van der Waals surface area contributed by atoms with Crippen LogP contribution < -0.4 is 5.56 Å². The minimum atomic E-state index is -4.63. The molecule has 1 aliphatic rings. The smallest absolute Gasteiger partial charge is 0.416 e. The molecule has 27 heavy (non-hydrogen) atoms. The van der Waals surface area contributed by atoms with Crippen molar-refractivity contribution in [1.29, 1.82) is 0 Å². The fraction of sp³-hybridized carbons (Fsp3) is 0.375. The Labute approximate surface area is 152 Å². The van der Waals surface area contributed by atoms with Crippen LogP contribution in [0.5, 0.6) is 5.75 Å². The number of hydrogen-bond acceptors (Lipinski definition) is 6. The molecule has 7 nitrogen and oxygen atoms in total. The number of alkyl halides is 3. The molecule has 0 bridgehead atoms. The molecule has 0 spiro atoms. The Morgan fingerprint density at radius 3 is 2.67 bits per heavy atom. The maximum atomic E-state index is 12.7. The number of phenolic OH excluding ortho intramolecular Hbond substituents is 1. The zero-order valence-electron chi connectivity index (χ0n) is 13.8. The van der Waals surface area contributed by atoms with E-state index in [9.17, 15) is 31.5 Å². The molecule has 1 atom stereocenters. The number of aromatic nitrogens is 2. The van der Waals surface area contributed by atoms with Gasteiger partial charge in [0.2, 0.25) is 0 Å². The maximum Gasteiger partial charge on any atom is 0.416 e. The zero-order valence-corrected chi connectivity index (χ0v) is 14.6. The fourth-order valence-corrected chi connectivity index (χ4v) is 4.07. The van der Waals surface area contributed by atoms with Gasteiger partial charge in [-0.3, -0.25) is 9.36 Å². The molecule has 146 valence electrons. The first-order chi connectivity index (χ1) is 12.6. The van der Waals surface area contributed by atoms with Gasteiger partial charge in [0, 0.05) is 11.8 Å². The lowest BCUT2D eigenvalue weighted by atomic mass is 10.0. The quantitative estimate of drug-likeness (QED) is 0.832. The van der Waals surface area contributed by atoms with Crippen LogP contribution in [-0.2, 0) is 27.3 Å². The van der Waals surface area contributed by atoms with Gasteiger partial charge in [-0.05, 0) is 18.2 Å². The highest BCUT2D eigenvalue weighted by Crippen LogP contribution is 2.35. The highest BCUT2D eigenvalue weighted by molar-refractivity contribution is 7.91. The number of rotatable bonds is 3. The Morgan fingerprint density at radius 2 is 2.04 bits per heavy atom. The van der Waals surface area contributed by atoms with E-state index in [-0.39, 0.29) is 35.8 Å². The van der Waals surface area contributed by atoms with Crippen LogP contribution in [0.4, 0.5) is 13.2 Å². The minimum absolute atomic E-state index is 0.0224. The second-order valence-electron chi connectivity index (χ2n) is 6.10. The van der Waals surface area contributed by atoms with Gasteiger partial charge in [0.05, 0.1) is 48.2 Å². The number of phenols is 1. The van der Waals surface area contributed by atoms with Gasteiger partial charge >= 0.3 is 6.18 Å². The van der Waals surface area contributed by atoms with Crippen molar-refractivity contribution in [2.75, 3.05) is 18.1 Å². The van der Waals surface area contributed by atoms with Gasteiger partial charge in [0.25, 0.3) is 5.56 Å². The average molecular weight is 404 g/mol. The Balaban J connectivity index is 1.93. The number of halogens is 3. The molecule has 2 heterocycles. The molecule has 2 aromatic rings. The normalized spacial score (nSPS) is 19.7. The van der Waals surface area contributed by atoms with Crippen molar-refractivity contribution in [2.24, 2.45) is 0 Å². The molecule has 1 saturated heterocycles. The Bertz CT molecular complexity index is 1020. The van der Waals surface area contributed by atoms with Crippen molar-refractivity contribution in [3.8, 4) is 16.9 Å². The largest absolute Gasteiger partial charge is 0.507 e. The molecule has 11 heteroatoms. The first kappa shape index (κ1) is 19.4. The first-order valence-electron chi connectivity index (χ1n) is 7.84. The van der Waals surface area contributed by atoms with Gasteiger partial charge in [-0.2, -0.15) is 13.2 Å². The molecule has 3 rings (SSSR count). The molecule has 0 aliphatic carbocycles. The summed E-state index contributed by atoms with van der Waals surface area (Å²) in [6.07, 6.45) is -3.06. The summed E-state index contributed by atoms with van der Waals surface area (Å²) in [5, 5.41) is 9.93. The second kappa shape index (κ2) is 6.97. The summed E-state index contributed by atoms with van der Waals surface area (Å²) in [6, 6.07) is 2.27. The molecule has 0 saturated carbocycles. The van der Waals surface area contributed by atoms with Crippen molar-refractivity contribution >= 4 is 9.84 Å². The summed E-state index contributed by atoms with van der Waals surface area (Å²) in [7, 11) is -3.26. The van der Waals surface area contributed by atoms with Crippen LogP contribution in [0.3, 0.4) is 0 Å². The van der Waals surface area contributed by atoms with E-state index in [0.29, 0.717) is 6.07 Å². The highest BCUT2D eigenvalue weighted by Gasteiger charge is 2.31. The third kappa shape index (κ3) is 4.30. The van der Waals surface area contributed by atoms with E-state index >= 15 is 0 Å². The van der Waals surface area contributed by atoms with Gasteiger partial charge in [0.15, 0.2) is 9.84 Å². The lowest BCUT2D eigenvalue weighted by molar-refractivity contribution is -0.137. The molecule has 1 aromatic heterocycles. The predicted octanol–water partition coefficient (Wildman–Crippen LogP) is 1.45. The summed E-state index contributed by atoms with van der Waals surface area (Å²) in [5.41, 5.74) is -1.89. The number of ether oxygens (including phenoxy) is 1. The van der Waals surface area contributed by atoms with Gasteiger partial charge < -0.3 is 9.84 Å². The molecule has 1 fully saturated rings. The van der Waals surface area contributed by atoms with Gasteiger partial charge in [-0.15, -0.1) is 0 Å². The standard InChI is InChI=1S/C16H15F3N2O5S/c17-16(18,19)10-1-2-12(14(22)5-10)13-6-20-9-21(15(13)23)7-11-8-27(24,25)4-3-26-11/h1-2,5-6,9,11,22H,3-4,7-8H2. The van der Waals surface area contributed by atoms with E-state index in [1.165, 1.54) is 6.33 Å². The second-order valence-corrected chi connectivity index (χ2v) is 8.33. The number of sulfone groups is 1. The summed E-state index contributed by atoms with van der Waals surface area (Å²) in [6.45, 7) is -0.0607. The molecular formula is C16H15F3N2O5S. The van der Waals surface area contributed by atoms with E-state index < -0.39 is 39.0 Å². The first-order valence-corrected chi connectivity index (χ1v) is 9.66. The number of hydrogen-bond donors (Lipinski definition) is 1. The van der Waals surface area contributed by atoms with E-state index in [1.807, 2.05) is 0 Å². The fourth-order valence-electron chi connectivity index (χ4n) is 2.78. The number of benzene rings is 1. The van der Waals surface area contributed by atoms with Crippen LogP contribution >= 0.6 is 0 Å². The van der Waals surface area contributed by atoms with Crippen molar-refractivity contribution in [1.82, 2.24) is 9.55 Å². The number of nitrogens with zero attached hydrogens (tertiary/aromatic N) is 2. The lowest BCUT2D eigenvalue weighted by Gasteiger charge is -2.23. The Morgan fingerprint density at radius 1 is 1.30 bits per heavy atom. The maximum absolute atomic E-state index is 12.7. The van der Waals surface area contributed by atoms with Crippen LogP contribution in [0.1, 0.15) is 5.56 Å². The van der Waals surface area contributed by atoms with Crippen LogP contribution in [-0.4, -0.2) is 47.3 Å². The average Bonchev–Trinajstić information content (AvgIpc) is 2.55. The lowest BCUT2D eigenvalue weighted by Crippen LogP contribution is -2.39. The molecule has 1 unspecified atom stereocenters. The topological polar surface area (TPSA) is 98.5 Å². The predicted molar refractivity (Wildman–Crippen MR) is 89.0 cm³/mol. The summed E-state index contributed by atoms with van der Waals surface area (Å²) in [5.74, 6) is -1.04. The Hall–Kier alpha value is -2.40. The summed E-state index contributed by atoms with van der Waals surface area (Å²) < 4.78 is 68.0. The van der Waals surface area contributed by atoms with Crippen LogP contribution in [0.2, 0.25) is 0 Å². The Kier molecular flexibility index (Phi) is 5.00. The molecule has 1 aromatic carbocycles. The molecule has 0 amide bonds. The van der Waals surface area contributed by atoms with E-state index in [2.05, 4.69) is 4.98 Å². The molecular weight excluding hydrogens is 389 g/mol. The van der Waals surface area contributed by atoms with Gasteiger partial charge in [0.1, 0.15) is 5.75 Å².